The van der Waals surface area contributed by atoms with Gasteiger partial charge in [0.15, 0.2) is 0 Å². The molecule has 86 valence electrons. The van der Waals surface area contributed by atoms with Gasteiger partial charge in [-0.2, -0.15) is 5.10 Å². The Labute approximate surface area is 109 Å². The predicted molar refractivity (Wildman–Crippen MR) is 71.9 cm³/mol. The molecule has 0 spiro atoms. The van der Waals surface area contributed by atoms with E-state index in [9.17, 15) is 0 Å². The minimum absolute atomic E-state index is 0.496. The Morgan fingerprint density at radius 2 is 1.82 bits per heavy atom. The van der Waals surface area contributed by atoms with Crippen LogP contribution in [0.15, 0.2) is 47.8 Å². The number of anilines is 1. The molecular weight excluding hydrogens is 257 g/mol. The van der Waals surface area contributed by atoms with Gasteiger partial charge in [-0.3, -0.25) is 10.4 Å². The molecule has 0 fully saturated rings. The second-order valence-corrected chi connectivity index (χ2v) is 4.09. The molecule has 2 aromatic rings. The Balaban J connectivity index is 2.03. The number of nitrogens with one attached hydrogen (secondary N) is 1. The van der Waals surface area contributed by atoms with Crippen LogP contribution in [-0.4, -0.2) is 11.2 Å². The maximum absolute atomic E-state index is 5.88. The van der Waals surface area contributed by atoms with Gasteiger partial charge in [-0.05, 0) is 35.9 Å². The highest BCUT2D eigenvalue weighted by Gasteiger charge is 1.97. The Bertz CT molecular complexity index is 527. The molecule has 17 heavy (non-hydrogen) atoms. The fraction of sp³-hybridized carbons (Fsp3) is 0. The van der Waals surface area contributed by atoms with Gasteiger partial charge in [-0.1, -0.05) is 23.2 Å². The van der Waals surface area contributed by atoms with Crippen LogP contribution in [0.1, 0.15) is 5.56 Å². The van der Waals surface area contributed by atoms with Crippen molar-refractivity contribution in [3.8, 4) is 0 Å². The van der Waals surface area contributed by atoms with Crippen molar-refractivity contribution in [3.63, 3.8) is 0 Å². The Hall–Kier alpha value is -1.58. The Morgan fingerprint density at radius 3 is 2.53 bits per heavy atom. The van der Waals surface area contributed by atoms with E-state index in [2.05, 4.69) is 15.5 Å². The third-order valence-corrected chi connectivity index (χ3v) is 2.77. The molecule has 0 unspecified atom stereocenters. The van der Waals surface area contributed by atoms with Gasteiger partial charge in [0.05, 0.1) is 21.9 Å². The van der Waals surface area contributed by atoms with E-state index in [0.29, 0.717) is 10.0 Å². The van der Waals surface area contributed by atoms with Crippen LogP contribution in [0.2, 0.25) is 10.0 Å². The molecule has 0 saturated carbocycles. The van der Waals surface area contributed by atoms with E-state index in [-0.39, 0.29) is 0 Å². The summed E-state index contributed by atoms with van der Waals surface area (Å²) in [6, 6.07) is 8.96. The van der Waals surface area contributed by atoms with Crippen molar-refractivity contribution in [2.45, 2.75) is 0 Å². The van der Waals surface area contributed by atoms with Gasteiger partial charge in [0.2, 0.25) is 0 Å². The summed E-state index contributed by atoms with van der Waals surface area (Å²) in [5.74, 6) is 0. The third-order valence-electron chi connectivity index (χ3n) is 2.03. The number of hydrogen-bond donors (Lipinski definition) is 1. The second kappa shape index (κ2) is 5.66. The van der Waals surface area contributed by atoms with Crippen molar-refractivity contribution in [3.05, 3.63) is 58.3 Å². The van der Waals surface area contributed by atoms with E-state index in [1.165, 1.54) is 0 Å². The van der Waals surface area contributed by atoms with Crippen LogP contribution in [0.3, 0.4) is 0 Å². The standard InChI is InChI=1S/C12H9Cl2N3/c13-11-2-1-10(7-12(11)14)17-16-8-9-3-5-15-6-4-9/h1-8,17H/b16-8-. The zero-order chi connectivity index (χ0) is 12.1. The molecule has 1 aromatic heterocycles. The molecule has 0 aliphatic rings. The van der Waals surface area contributed by atoms with Crippen LogP contribution in [0.4, 0.5) is 5.69 Å². The molecule has 0 bridgehead atoms. The van der Waals surface area contributed by atoms with Gasteiger partial charge in [-0.15, -0.1) is 0 Å². The number of aromatic nitrogens is 1. The smallest absolute Gasteiger partial charge is 0.0613 e. The zero-order valence-electron chi connectivity index (χ0n) is 8.77. The molecule has 2 rings (SSSR count). The molecule has 0 amide bonds. The van der Waals surface area contributed by atoms with E-state index in [0.717, 1.165) is 11.3 Å². The molecule has 1 heterocycles. The number of rotatable bonds is 3. The average molecular weight is 266 g/mol. The van der Waals surface area contributed by atoms with Crippen LogP contribution >= 0.6 is 23.2 Å². The highest BCUT2D eigenvalue weighted by atomic mass is 35.5. The Kier molecular flexibility index (Phi) is 3.96. The first-order chi connectivity index (χ1) is 8.25. The van der Waals surface area contributed by atoms with Crippen molar-refractivity contribution in [2.24, 2.45) is 5.10 Å². The van der Waals surface area contributed by atoms with Crippen LogP contribution in [0.5, 0.6) is 0 Å². The molecule has 0 saturated heterocycles. The number of hydrazone groups is 1. The molecule has 3 nitrogen and oxygen atoms in total. The van der Waals surface area contributed by atoms with E-state index < -0.39 is 0 Å². The molecule has 0 radical (unpaired) electrons. The van der Waals surface area contributed by atoms with Crippen LogP contribution < -0.4 is 5.43 Å². The third kappa shape index (κ3) is 3.44. The summed E-state index contributed by atoms with van der Waals surface area (Å²) in [6.07, 6.45) is 5.12. The lowest BCUT2D eigenvalue weighted by Gasteiger charge is -2.01. The van der Waals surface area contributed by atoms with Crippen molar-refractivity contribution in [1.29, 1.82) is 0 Å². The van der Waals surface area contributed by atoms with E-state index in [1.54, 1.807) is 36.8 Å². The maximum atomic E-state index is 5.88. The number of halogens is 2. The van der Waals surface area contributed by atoms with Crippen LogP contribution in [0.25, 0.3) is 0 Å². The molecule has 1 aromatic carbocycles. The molecule has 1 N–H and O–H groups in total. The van der Waals surface area contributed by atoms with Crippen molar-refractivity contribution in [1.82, 2.24) is 4.98 Å². The quantitative estimate of drug-likeness (QED) is 0.677. The summed E-state index contributed by atoms with van der Waals surface area (Å²) in [6.45, 7) is 0. The van der Waals surface area contributed by atoms with Gasteiger partial charge < -0.3 is 0 Å². The number of hydrogen-bond acceptors (Lipinski definition) is 3. The van der Waals surface area contributed by atoms with Gasteiger partial charge in [0, 0.05) is 12.4 Å². The first kappa shape index (κ1) is 11.9. The molecule has 0 aliphatic carbocycles. The highest BCUT2D eigenvalue weighted by Crippen LogP contribution is 2.24. The van der Waals surface area contributed by atoms with Crippen molar-refractivity contribution < 1.29 is 0 Å². The summed E-state index contributed by atoms with van der Waals surface area (Å²) in [5, 5.41) is 5.10. The SMILES string of the molecule is Clc1ccc(N/N=C\c2ccncc2)cc1Cl. The lowest BCUT2D eigenvalue weighted by atomic mass is 10.3. The summed E-state index contributed by atoms with van der Waals surface area (Å²) in [5.41, 5.74) is 4.61. The van der Waals surface area contributed by atoms with Crippen LogP contribution in [0, 0.1) is 0 Å². The minimum atomic E-state index is 0.496. The second-order valence-electron chi connectivity index (χ2n) is 3.28. The molecular formula is C12H9Cl2N3. The fourth-order valence-corrected chi connectivity index (χ4v) is 1.49. The summed E-state index contributed by atoms with van der Waals surface area (Å²) < 4.78 is 0. The minimum Gasteiger partial charge on any atom is -0.278 e. The van der Waals surface area contributed by atoms with E-state index >= 15 is 0 Å². The number of pyridine rings is 1. The first-order valence-corrected chi connectivity index (χ1v) is 5.65. The molecule has 5 heteroatoms. The number of nitrogens with zero attached hydrogens (tertiary/aromatic N) is 2. The lowest BCUT2D eigenvalue weighted by Crippen LogP contribution is -1.90. The van der Waals surface area contributed by atoms with Crippen LogP contribution in [-0.2, 0) is 0 Å². The Morgan fingerprint density at radius 1 is 1.06 bits per heavy atom. The maximum Gasteiger partial charge on any atom is 0.0613 e. The van der Waals surface area contributed by atoms with Gasteiger partial charge in [0.25, 0.3) is 0 Å². The normalized spacial score (nSPS) is 10.7. The highest BCUT2D eigenvalue weighted by molar-refractivity contribution is 6.42. The van der Waals surface area contributed by atoms with Crippen molar-refractivity contribution in [2.75, 3.05) is 5.43 Å². The summed E-state index contributed by atoms with van der Waals surface area (Å²) in [7, 11) is 0. The predicted octanol–water partition coefficient (Wildman–Crippen LogP) is 3.83. The molecule has 0 atom stereocenters. The van der Waals surface area contributed by atoms with E-state index in [1.807, 2.05) is 12.1 Å². The van der Waals surface area contributed by atoms with Gasteiger partial charge in [0.1, 0.15) is 0 Å². The average Bonchev–Trinajstić information content (AvgIpc) is 2.35. The largest absolute Gasteiger partial charge is 0.278 e. The molecule has 0 aliphatic heterocycles. The van der Waals surface area contributed by atoms with Gasteiger partial charge in [-0.25, -0.2) is 0 Å². The zero-order valence-corrected chi connectivity index (χ0v) is 10.3. The number of benzene rings is 1. The summed E-state index contributed by atoms with van der Waals surface area (Å²) in [4.78, 5) is 3.92. The monoisotopic (exact) mass is 265 g/mol. The summed E-state index contributed by atoms with van der Waals surface area (Å²) >= 11 is 11.7. The van der Waals surface area contributed by atoms with Gasteiger partial charge >= 0.3 is 0 Å². The first-order valence-electron chi connectivity index (χ1n) is 4.90. The van der Waals surface area contributed by atoms with Crippen molar-refractivity contribution >= 4 is 35.1 Å². The topological polar surface area (TPSA) is 37.3 Å². The lowest BCUT2D eigenvalue weighted by molar-refractivity contribution is 1.31. The van der Waals surface area contributed by atoms with E-state index in [4.69, 9.17) is 23.2 Å². The fourth-order valence-electron chi connectivity index (χ4n) is 1.20.